The zero-order chi connectivity index (χ0) is 10.1. The van der Waals surface area contributed by atoms with Crippen LogP contribution < -0.4 is 0 Å². The molecule has 1 saturated carbocycles. The molecule has 3 nitrogen and oxygen atoms in total. The second-order valence-corrected chi connectivity index (χ2v) is 3.95. The van der Waals surface area contributed by atoms with E-state index in [-0.39, 0.29) is 12.1 Å². The van der Waals surface area contributed by atoms with Gasteiger partial charge in [-0.25, -0.2) is 0 Å². The molecule has 2 atom stereocenters. The van der Waals surface area contributed by atoms with Crippen LogP contribution in [0.2, 0.25) is 0 Å². The quantitative estimate of drug-likeness (QED) is 0.632. The molecule has 0 radical (unpaired) electrons. The number of nitrogens with zero attached hydrogens (tertiary/aromatic N) is 1. The Bertz CT molecular complexity index is 168. The normalized spacial score (nSPS) is 36.7. The summed E-state index contributed by atoms with van der Waals surface area (Å²) in [6.07, 6.45) is 2.34. The molecular weight excluding hydrogens is 166 g/mol. The van der Waals surface area contributed by atoms with Crippen molar-refractivity contribution >= 4 is 0 Å². The molecule has 0 aromatic carbocycles. The van der Waals surface area contributed by atoms with Gasteiger partial charge in [-0.15, -0.1) is 0 Å². The predicted molar refractivity (Wildman–Crippen MR) is 52.6 cm³/mol. The van der Waals surface area contributed by atoms with Crippen molar-refractivity contribution in [3.63, 3.8) is 0 Å². The molecule has 0 amide bonds. The van der Waals surface area contributed by atoms with Gasteiger partial charge in [-0.1, -0.05) is 13.8 Å². The molecular formula is C10H21NO2. The number of likely N-dealkylation sites (tertiary alicyclic amines) is 1. The molecule has 78 valence electrons. The van der Waals surface area contributed by atoms with Gasteiger partial charge in [-0.2, -0.15) is 0 Å². The van der Waals surface area contributed by atoms with Gasteiger partial charge in [0, 0.05) is 12.6 Å². The Hall–Kier alpha value is -0.120. The highest BCUT2D eigenvalue weighted by Gasteiger charge is 2.52. The summed E-state index contributed by atoms with van der Waals surface area (Å²) in [4.78, 5) is 2.07. The molecule has 2 fully saturated rings. The first-order chi connectivity index (χ1) is 6.12. The third-order valence-electron chi connectivity index (χ3n) is 2.91. The summed E-state index contributed by atoms with van der Waals surface area (Å²) in [6.45, 7) is 4.72. The number of hydrogen-bond donors (Lipinski definition) is 2. The molecule has 3 heteroatoms. The average Bonchev–Trinajstić information content (AvgIpc) is 2.75. The van der Waals surface area contributed by atoms with Crippen molar-refractivity contribution in [2.24, 2.45) is 0 Å². The van der Waals surface area contributed by atoms with Crippen LogP contribution in [0, 0.1) is 0 Å². The molecule has 0 spiro atoms. The van der Waals surface area contributed by atoms with Crippen LogP contribution in [-0.2, 0) is 0 Å². The van der Waals surface area contributed by atoms with Crippen molar-refractivity contribution in [2.45, 2.75) is 50.9 Å². The molecule has 1 saturated heterocycles. The van der Waals surface area contributed by atoms with E-state index in [4.69, 9.17) is 0 Å². The third kappa shape index (κ3) is 2.22. The first-order valence-corrected chi connectivity index (χ1v) is 5.22. The van der Waals surface area contributed by atoms with Crippen LogP contribution in [0.15, 0.2) is 0 Å². The largest absolute Gasteiger partial charge is 0.392 e. The maximum atomic E-state index is 9.76. The number of hydrogen-bond acceptors (Lipinski definition) is 3. The van der Waals surface area contributed by atoms with Crippen molar-refractivity contribution in [2.75, 3.05) is 13.6 Å². The molecule has 2 rings (SSSR count). The molecule has 13 heavy (non-hydrogen) atoms. The van der Waals surface area contributed by atoms with Gasteiger partial charge >= 0.3 is 0 Å². The average molecular weight is 187 g/mol. The van der Waals surface area contributed by atoms with Gasteiger partial charge in [0.1, 0.15) is 0 Å². The number of likely N-dealkylation sites (N-methyl/N-ethyl adjacent to an activating group) is 1. The minimum atomic E-state index is -0.452. The summed E-state index contributed by atoms with van der Waals surface area (Å²) in [6, 6.07) is 0.206. The van der Waals surface area contributed by atoms with E-state index in [1.54, 1.807) is 0 Å². The fourth-order valence-corrected chi connectivity index (χ4v) is 2.06. The van der Waals surface area contributed by atoms with Crippen molar-refractivity contribution in [3.05, 3.63) is 0 Å². The molecule has 1 heterocycles. The monoisotopic (exact) mass is 187 g/mol. The van der Waals surface area contributed by atoms with E-state index >= 15 is 0 Å². The van der Waals surface area contributed by atoms with E-state index < -0.39 is 5.60 Å². The van der Waals surface area contributed by atoms with Crippen molar-refractivity contribution in [1.29, 1.82) is 0 Å². The first-order valence-electron chi connectivity index (χ1n) is 5.22. The lowest BCUT2D eigenvalue weighted by Gasteiger charge is -2.23. The van der Waals surface area contributed by atoms with E-state index in [1.165, 1.54) is 0 Å². The minimum Gasteiger partial charge on any atom is -0.392 e. The zero-order valence-corrected chi connectivity index (χ0v) is 8.82. The Kier molecular flexibility index (Phi) is 3.33. The van der Waals surface area contributed by atoms with Gasteiger partial charge in [-0.05, 0) is 26.3 Å². The topological polar surface area (TPSA) is 43.7 Å². The SMILES string of the molecule is CC.CN1CC(O)CC1C1(O)CC1. The van der Waals surface area contributed by atoms with Crippen molar-refractivity contribution in [3.8, 4) is 0 Å². The standard InChI is InChI=1S/C8H15NO2.C2H6/c1-9-5-6(10)4-7(9)8(11)2-3-8;1-2/h6-7,10-11H,2-5H2,1H3;1-2H3. The van der Waals surface area contributed by atoms with Gasteiger partial charge in [0.25, 0.3) is 0 Å². The summed E-state index contributed by atoms with van der Waals surface area (Å²) >= 11 is 0. The van der Waals surface area contributed by atoms with Crippen LogP contribution in [-0.4, -0.2) is 46.5 Å². The Balaban J connectivity index is 0.000000396. The third-order valence-corrected chi connectivity index (χ3v) is 2.91. The van der Waals surface area contributed by atoms with Gasteiger partial charge < -0.3 is 10.2 Å². The smallest absolute Gasteiger partial charge is 0.0805 e. The fourth-order valence-electron chi connectivity index (χ4n) is 2.06. The van der Waals surface area contributed by atoms with Crippen LogP contribution in [0.3, 0.4) is 0 Å². The van der Waals surface area contributed by atoms with Gasteiger partial charge in [0.05, 0.1) is 11.7 Å². The second kappa shape index (κ2) is 3.95. The van der Waals surface area contributed by atoms with Crippen LogP contribution in [0.1, 0.15) is 33.1 Å². The highest BCUT2D eigenvalue weighted by Crippen LogP contribution is 2.43. The Morgan fingerprint density at radius 1 is 1.31 bits per heavy atom. The van der Waals surface area contributed by atoms with E-state index in [1.807, 2.05) is 20.9 Å². The molecule has 2 N–H and O–H groups in total. The van der Waals surface area contributed by atoms with E-state index in [9.17, 15) is 10.2 Å². The maximum Gasteiger partial charge on any atom is 0.0805 e. The highest BCUT2D eigenvalue weighted by atomic mass is 16.3. The lowest BCUT2D eigenvalue weighted by Crippen LogP contribution is -2.37. The molecule has 2 unspecified atom stereocenters. The minimum absolute atomic E-state index is 0.206. The van der Waals surface area contributed by atoms with Gasteiger partial charge in [-0.3, -0.25) is 4.90 Å². The summed E-state index contributed by atoms with van der Waals surface area (Å²) in [7, 11) is 1.97. The first kappa shape index (κ1) is 11.0. The van der Waals surface area contributed by atoms with Crippen molar-refractivity contribution in [1.82, 2.24) is 4.90 Å². The van der Waals surface area contributed by atoms with Crippen LogP contribution >= 0.6 is 0 Å². The van der Waals surface area contributed by atoms with Crippen LogP contribution in [0.4, 0.5) is 0 Å². The lowest BCUT2D eigenvalue weighted by atomic mass is 10.1. The molecule has 0 bridgehead atoms. The number of β-amino-alcohol motifs (C(OH)–C–C–N with tert-alkyl or cyclic N) is 1. The number of aliphatic hydroxyl groups is 2. The fraction of sp³-hybridized carbons (Fsp3) is 1.00. The van der Waals surface area contributed by atoms with Crippen LogP contribution in [0.25, 0.3) is 0 Å². The summed E-state index contributed by atoms with van der Waals surface area (Å²) in [5, 5.41) is 19.1. The molecule has 0 aromatic rings. The Labute approximate surface area is 80.4 Å². The summed E-state index contributed by atoms with van der Waals surface area (Å²) < 4.78 is 0. The molecule has 1 aliphatic heterocycles. The van der Waals surface area contributed by atoms with E-state index in [0.29, 0.717) is 6.54 Å². The molecule has 0 aromatic heterocycles. The Morgan fingerprint density at radius 3 is 2.15 bits per heavy atom. The predicted octanol–water partition coefficient (Wildman–Crippen LogP) is 0.602. The van der Waals surface area contributed by atoms with Crippen LogP contribution in [0.5, 0.6) is 0 Å². The summed E-state index contributed by atoms with van der Waals surface area (Å²) in [5.41, 5.74) is -0.452. The zero-order valence-electron chi connectivity index (χ0n) is 8.82. The number of aliphatic hydroxyl groups excluding tert-OH is 1. The number of rotatable bonds is 1. The molecule has 1 aliphatic carbocycles. The van der Waals surface area contributed by atoms with Crippen molar-refractivity contribution < 1.29 is 10.2 Å². The van der Waals surface area contributed by atoms with E-state index in [2.05, 4.69) is 4.90 Å². The molecule has 2 aliphatic rings. The Morgan fingerprint density at radius 2 is 1.85 bits per heavy atom. The van der Waals surface area contributed by atoms with E-state index in [0.717, 1.165) is 19.3 Å². The maximum absolute atomic E-state index is 9.76. The lowest BCUT2D eigenvalue weighted by molar-refractivity contribution is 0.0625. The van der Waals surface area contributed by atoms with Gasteiger partial charge in [0.2, 0.25) is 0 Å². The second-order valence-electron chi connectivity index (χ2n) is 3.95. The highest BCUT2D eigenvalue weighted by molar-refractivity contribution is 5.07. The van der Waals surface area contributed by atoms with Gasteiger partial charge in [0.15, 0.2) is 0 Å². The summed E-state index contributed by atoms with van der Waals surface area (Å²) in [5.74, 6) is 0.